The molecule has 111 heavy (non-hydrogen) atoms. The first-order valence-corrected chi connectivity index (χ1v) is 36.4. The summed E-state index contributed by atoms with van der Waals surface area (Å²) in [6.45, 7) is 1.88. The van der Waals surface area contributed by atoms with Crippen LogP contribution in [0.5, 0.6) is 46.0 Å². The number of aryl methyl sites for hydroxylation is 9. The van der Waals surface area contributed by atoms with Gasteiger partial charge in [0.1, 0.15) is 46.0 Å². The van der Waals surface area contributed by atoms with E-state index in [4.69, 9.17) is 33.2 Å². The second kappa shape index (κ2) is 39.9. The third-order valence-electron chi connectivity index (χ3n) is 20.1. The van der Waals surface area contributed by atoms with Crippen LogP contribution in [0, 0.1) is 6.92 Å². The van der Waals surface area contributed by atoms with Gasteiger partial charge in [0.05, 0.1) is 49.8 Å². The van der Waals surface area contributed by atoms with Crippen molar-refractivity contribution in [1.82, 2.24) is 0 Å². The van der Waals surface area contributed by atoms with Crippen molar-refractivity contribution in [3.8, 4) is 46.0 Å². The number of phenols is 1. The maximum Gasteiger partial charge on any atom is 0.303 e. The van der Waals surface area contributed by atoms with Crippen LogP contribution in [-0.4, -0.2) is 143 Å². The lowest BCUT2D eigenvalue weighted by molar-refractivity contribution is -0.138. The van der Waals surface area contributed by atoms with Gasteiger partial charge in [-0.05, 0) is 241 Å². The summed E-state index contributed by atoms with van der Waals surface area (Å²) in [5, 5.41) is 89.8. The van der Waals surface area contributed by atoms with Crippen molar-refractivity contribution in [2.75, 3.05) is 49.8 Å². The average Bonchev–Trinajstić information content (AvgIpc) is 0.795. The van der Waals surface area contributed by atoms with Crippen LogP contribution < -0.4 is 33.2 Å². The molecule has 8 aromatic rings. The number of carboxylic acid groups (broad SMARTS) is 8. The first kappa shape index (κ1) is 84.5. The second-order valence-electron chi connectivity index (χ2n) is 27.5. The summed E-state index contributed by atoms with van der Waals surface area (Å²) in [5.41, 5.74) is 15.9. The Bertz CT molecular complexity index is 4780. The van der Waals surface area contributed by atoms with Gasteiger partial charge in [-0.25, -0.2) is 0 Å². The third kappa shape index (κ3) is 23.7. The molecule has 8 rings (SSSR count). The van der Waals surface area contributed by atoms with Crippen molar-refractivity contribution in [3.05, 3.63) is 231 Å². The Morgan fingerprint density at radius 1 is 0.216 bits per heavy atom. The van der Waals surface area contributed by atoms with Crippen LogP contribution in [0.2, 0.25) is 0 Å². The number of rotatable bonds is 45. The van der Waals surface area contributed by atoms with Gasteiger partial charge in [0.2, 0.25) is 0 Å². The van der Waals surface area contributed by atoms with Crippen LogP contribution in [-0.2, 0) is 135 Å². The van der Waals surface area contributed by atoms with Crippen molar-refractivity contribution in [2.45, 2.75) is 155 Å². The standard InChI is InChI=1S/C87H96O24/c1-49-27-73(105-2)65(28-51(49)11-20-81(91)92)36-59-43-75(107-4)67(30-53(59)13-22-83(95)96)38-61-45-77(109-6)69(32-55(61)15-24-85(99)100)40-63-47-79(111-8)71(34-57(63)17-26-87(103)104)41-64-48-78(110-7)70(33-56(64)16-25-86(101)102)39-62-46-76(108-5)68(31-54(62)14-23-84(97)98)37-60-44-74(106-3)66(29-52(60)12-21-82(93)94)35-58-42-72(88)18-9-50(58)10-19-80(89)90/h9,18,27-34,42-48,88H,10-17,19-26,35-41H2,1-8H3,(H,89,90)(H,91,92)(H,93,94)(H,95,96)(H,97,98)(H,99,100)(H,101,102)(H,103,104). The van der Waals surface area contributed by atoms with E-state index >= 15 is 0 Å². The molecule has 0 aromatic heterocycles. The monoisotopic (exact) mass is 1520 g/mol. The number of benzene rings is 8. The normalized spacial score (nSPS) is 11.1. The van der Waals surface area contributed by atoms with E-state index in [1.54, 1.807) is 19.2 Å². The number of methoxy groups -OCH3 is 7. The van der Waals surface area contributed by atoms with Crippen molar-refractivity contribution in [1.29, 1.82) is 0 Å². The van der Waals surface area contributed by atoms with E-state index in [0.29, 0.717) is 159 Å². The van der Waals surface area contributed by atoms with E-state index in [0.717, 1.165) is 22.3 Å². The van der Waals surface area contributed by atoms with E-state index in [9.17, 15) is 84.3 Å². The van der Waals surface area contributed by atoms with Crippen LogP contribution >= 0.6 is 0 Å². The number of aliphatic carboxylic acids is 8. The van der Waals surface area contributed by atoms with Crippen LogP contribution in [0.1, 0.15) is 179 Å². The highest BCUT2D eigenvalue weighted by molar-refractivity contribution is 5.72. The molecule has 0 fully saturated rings. The van der Waals surface area contributed by atoms with Crippen molar-refractivity contribution >= 4 is 47.8 Å². The highest BCUT2D eigenvalue weighted by atomic mass is 16.5. The summed E-state index contributed by atoms with van der Waals surface area (Å²) in [6, 6.07) is 30.7. The van der Waals surface area contributed by atoms with Crippen molar-refractivity contribution in [2.24, 2.45) is 0 Å². The summed E-state index contributed by atoms with van der Waals surface area (Å²) in [5.74, 6) is -4.97. The van der Waals surface area contributed by atoms with Crippen molar-refractivity contribution < 1.29 is 117 Å². The van der Waals surface area contributed by atoms with Gasteiger partial charge in [0.15, 0.2) is 0 Å². The van der Waals surface area contributed by atoms with E-state index in [1.807, 2.05) is 91.9 Å². The zero-order valence-electron chi connectivity index (χ0n) is 63.7. The largest absolute Gasteiger partial charge is 0.508 e. The van der Waals surface area contributed by atoms with Gasteiger partial charge in [-0.1, -0.05) is 48.5 Å². The fraction of sp³-hybridized carbons (Fsp3) is 0.356. The Morgan fingerprint density at radius 2 is 0.387 bits per heavy atom. The first-order chi connectivity index (χ1) is 53.0. The van der Waals surface area contributed by atoms with Crippen LogP contribution in [0.3, 0.4) is 0 Å². The SMILES string of the molecule is COc1cc(C)c(CCC(=O)O)cc1Cc1cc(OC)c(Cc2cc(OC)c(Cc3cc(OC)c(Cc4cc(OC)c(Cc5cc(OC)c(Cc6cc(OC)c(Cc7cc(O)ccc7CCC(=O)O)cc6CCC(=O)O)cc5CCC(=O)O)cc4CCC(=O)O)cc3CCC(=O)O)cc2CCC(=O)O)cc1CCC(=O)O. The van der Waals surface area contributed by atoms with Gasteiger partial charge in [-0.15, -0.1) is 0 Å². The van der Waals surface area contributed by atoms with Crippen LogP contribution in [0.4, 0.5) is 0 Å². The van der Waals surface area contributed by atoms with Crippen LogP contribution in [0.15, 0.2) is 103 Å². The van der Waals surface area contributed by atoms with Gasteiger partial charge < -0.3 is 79.1 Å². The second-order valence-corrected chi connectivity index (χ2v) is 27.5. The van der Waals surface area contributed by atoms with E-state index in [-0.39, 0.29) is 141 Å². The molecule has 8 aromatic carbocycles. The molecule has 0 bridgehead atoms. The minimum absolute atomic E-state index is 0.0169. The molecule has 0 radical (unpaired) electrons. The Hall–Kier alpha value is -12.1. The lowest BCUT2D eigenvalue weighted by Gasteiger charge is -2.22. The Kier molecular flexibility index (Phi) is 30.4. The van der Waals surface area contributed by atoms with Gasteiger partial charge in [-0.2, -0.15) is 0 Å². The predicted octanol–water partition coefficient (Wildman–Crippen LogP) is 13.0. The Balaban J connectivity index is 1.16. The lowest BCUT2D eigenvalue weighted by Crippen LogP contribution is -2.09. The predicted molar refractivity (Wildman–Crippen MR) is 411 cm³/mol. The molecule has 9 N–H and O–H groups in total. The third-order valence-corrected chi connectivity index (χ3v) is 20.1. The maximum atomic E-state index is 12.4. The highest BCUT2D eigenvalue weighted by Crippen LogP contribution is 2.41. The number of hydrogen-bond donors (Lipinski definition) is 9. The zero-order valence-corrected chi connectivity index (χ0v) is 63.7. The lowest BCUT2D eigenvalue weighted by atomic mass is 9.86. The average molecular weight is 1530 g/mol. The van der Waals surface area contributed by atoms with E-state index < -0.39 is 47.8 Å². The summed E-state index contributed by atoms with van der Waals surface area (Å²) in [7, 11) is 10.6. The molecule has 0 atom stereocenters. The first-order valence-electron chi connectivity index (χ1n) is 36.4. The Morgan fingerprint density at radius 3 is 0.586 bits per heavy atom. The molecule has 0 saturated carbocycles. The van der Waals surface area contributed by atoms with Gasteiger partial charge in [0, 0.05) is 96.3 Å². The number of phenolic OH excluding ortho intramolecular Hbond substituents is 1. The molecular formula is C87H96O24. The Labute approximate surface area is 643 Å². The highest BCUT2D eigenvalue weighted by Gasteiger charge is 2.26. The number of hydrogen-bond acceptors (Lipinski definition) is 16. The van der Waals surface area contributed by atoms with Gasteiger partial charge in [-0.3, -0.25) is 38.4 Å². The summed E-state index contributed by atoms with van der Waals surface area (Å²) in [4.78, 5) is 97.0. The number of aromatic hydroxyl groups is 1. The van der Waals surface area contributed by atoms with Gasteiger partial charge in [0.25, 0.3) is 0 Å². The smallest absolute Gasteiger partial charge is 0.303 e. The molecule has 0 heterocycles. The maximum absolute atomic E-state index is 12.4. The molecule has 24 nitrogen and oxygen atoms in total. The number of carboxylic acids is 8. The molecule has 0 spiro atoms. The summed E-state index contributed by atoms with van der Waals surface area (Å²) >= 11 is 0. The molecule has 0 unspecified atom stereocenters. The summed E-state index contributed by atoms with van der Waals surface area (Å²) < 4.78 is 42.2. The molecular weight excluding hydrogens is 1430 g/mol. The fourth-order valence-electron chi connectivity index (χ4n) is 14.4. The minimum Gasteiger partial charge on any atom is -0.508 e. The quantitative estimate of drug-likeness (QED) is 0.0171. The molecule has 0 amide bonds. The van der Waals surface area contributed by atoms with Gasteiger partial charge >= 0.3 is 47.8 Å². The molecule has 588 valence electrons. The molecule has 0 aliphatic carbocycles. The van der Waals surface area contributed by atoms with E-state index in [2.05, 4.69) is 0 Å². The van der Waals surface area contributed by atoms with Crippen molar-refractivity contribution in [3.63, 3.8) is 0 Å². The van der Waals surface area contributed by atoms with Crippen LogP contribution in [0.25, 0.3) is 0 Å². The molecule has 0 saturated heterocycles. The molecule has 0 aliphatic heterocycles. The number of carbonyl (C=O) groups is 8. The number of ether oxygens (including phenoxy) is 7. The fourth-order valence-corrected chi connectivity index (χ4v) is 14.4. The minimum atomic E-state index is -1.06. The van der Waals surface area contributed by atoms with E-state index in [1.165, 1.54) is 48.7 Å². The summed E-state index contributed by atoms with van der Waals surface area (Å²) in [6.07, 6.45) is 0.846. The molecule has 24 heteroatoms. The topological polar surface area (TPSA) is 383 Å². The zero-order chi connectivity index (χ0) is 80.8. The molecule has 0 aliphatic rings.